The molecule has 0 aliphatic heterocycles. The van der Waals surface area contributed by atoms with Crippen LogP contribution in [0.1, 0.15) is 83.6 Å². The monoisotopic (exact) mass is 406 g/mol. The van der Waals surface area contributed by atoms with Crippen molar-refractivity contribution in [1.82, 2.24) is 0 Å². The Bertz CT molecular complexity index is 640. The van der Waals surface area contributed by atoms with Crippen LogP contribution in [0.15, 0.2) is 18.2 Å². The Morgan fingerprint density at radius 3 is 2.25 bits per heavy atom. The van der Waals surface area contributed by atoms with Gasteiger partial charge in [0.15, 0.2) is 11.6 Å². The number of benzene rings is 1. The van der Waals surface area contributed by atoms with Gasteiger partial charge < -0.3 is 4.74 Å². The molecule has 0 unspecified atom stereocenters. The predicted octanol–water partition coefficient (Wildman–Crippen LogP) is 8.30. The number of hydrogen-bond acceptors (Lipinski definition) is 1. The number of rotatable bonds is 7. The molecule has 2 saturated carbocycles. The smallest absolute Gasteiger partial charge is 0.184 e. The van der Waals surface area contributed by atoms with E-state index in [2.05, 4.69) is 13.0 Å². The third kappa shape index (κ3) is 5.53. The van der Waals surface area contributed by atoms with Crippen LogP contribution in [0.25, 0.3) is 6.08 Å². The Balaban J connectivity index is 1.49. The van der Waals surface area contributed by atoms with E-state index in [-0.39, 0.29) is 10.8 Å². The average Bonchev–Trinajstić information content (AvgIpc) is 2.72. The van der Waals surface area contributed by atoms with Crippen molar-refractivity contribution < 1.29 is 9.13 Å². The molecule has 0 N–H and O–H groups in total. The summed E-state index contributed by atoms with van der Waals surface area (Å²) in [6.45, 7) is 4.59. The summed E-state index contributed by atoms with van der Waals surface area (Å²) < 4.78 is 19.5. The summed E-state index contributed by atoms with van der Waals surface area (Å²) in [6, 6.07) is 3.53. The lowest BCUT2D eigenvalue weighted by atomic mass is 9.68. The summed E-state index contributed by atoms with van der Waals surface area (Å²) >= 11 is 6.20. The zero-order valence-corrected chi connectivity index (χ0v) is 18.3. The van der Waals surface area contributed by atoms with Gasteiger partial charge in [-0.2, -0.15) is 0 Å². The van der Waals surface area contributed by atoms with Gasteiger partial charge in [0, 0.05) is 0 Å². The second-order valence-corrected chi connectivity index (χ2v) is 9.20. The van der Waals surface area contributed by atoms with Gasteiger partial charge in [0.25, 0.3) is 0 Å². The number of ether oxygens (including phenoxy) is 1. The van der Waals surface area contributed by atoms with Crippen molar-refractivity contribution in [2.75, 3.05) is 6.61 Å². The van der Waals surface area contributed by atoms with Gasteiger partial charge in [-0.15, -0.1) is 0 Å². The van der Waals surface area contributed by atoms with Gasteiger partial charge in [0.05, 0.1) is 11.6 Å². The van der Waals surface area contributed by atoms with Crippen LogP contribution < -0.4 is 4.74 Å². The first-order valence-corrected chi connectivity index (χ1v) is 11.8. The summed E-state index contributed by atoms with van der Waals surface area (Å²) in [6.07, 6.45) is 18.1. The molecule has 0 radical (unpaired) electrons. The Morgan fingerprint density at radius 1 is 1.00 bits per heavy atom. The number of hydrogen-bond donors (Lipinski definition) is 0. The quantitative estimate of drug-likeness (QED) is 0.442. The van der Waals surface area contributed by atoms with Crippen LogP contribution in [0, 0.1) is 29.5 Å². The standard InChI is InChI=1S/C25H36ClFO/c1-3-5-18-6-11-20(12-7-18)21-13-8-19(9-14-21)10-15-22-16-17-23(28-4-2)25(27)24(22)26/h10,15-21H,3-9,11-14H2,1-2H3. The Labute approximate surface area is 175 Å². The molecule has 28 heavy (non-hydrogen) atoms. The lowest BCUT2D eigenvalue weighted by Gasteiger charge is -2.37. The lowest BCUT2D eigenvalue weighted by molar-refractivity contribution is 0.152. The van der Waals surface area contributed by atoms with Gasteiger partial charge in [-0.25, -0.2) is 4.39 Å². The molecule has 2 fully saturated rings. The molecule has 1 aromatic rings. The summed E-state index contributed by atoms with van der Waals surface area (Å²) in [5.74, 6) is 3.27. The zero-order chi connectivity index (χ0) is 19.9. The predicted molar refractivity (Wildman–Crippen MR) is 117 cm³/mol. The van der Waals surface area contributed by atoms with Crippen LogP contribution in [-0.4, -0.2) is 6.61 Å². The molecule has 0 saturated heterocycles. The van der Waals surface area contributed by atoms with Gasteiger partial charge in [-0.3, -0.25) is 0 Å². The minimum Gasteiger partial charge on any atom is -0.491 e. The molecular weight excluding hydrogens is 371 g/mol. The lowest BCUT2D eigenvalue weighted by Crippen LogP contribution is -2.25. The molecular formula is C25H36ClFO. The molecule has 1 aromatic carbocycles. The average molecular weight is 407 g/mol. The molecule has 0 atom stereocenters. The van der Waals surface area contributed by atoms with Crippen molar-refractivity contribution in [1.29, 1.82) is 0 Å². The first kappa shape index (κ1) is 21.7. The maximum Gasteiger partial charge on any atom is 0.184 e. The Kier molecular flexibility index (Phi) is 8.26. The second kappa shape index (κ2) is 10.7. The molecule has 0 heterocycles. The van der Waals surface area contributed by atoms with E-state index in [1.807, 2.05) is 19.1 Å². The maximum atomic E-state index is 14.3. The highest BCUT2D eigenvalue weighted by Crippen LogP contribution is 2.42. The van der Waals surface area contributed by atoms with E-state index in [1.165, 1.54) is 64.2 Å². The zero-order valence-electron chi connectivity index (χ0n) is 17.6. The molecule has 0 aromatic heterocycles. The summed E-state index contributed by atoms with van der Waals surface area (Å²) in [5.41, 5.74) is 0.749. The van der Waals surface area contributed by atoms with Crippen LogP contribution in [0.5, 0.6) is 5.75 Å². The van der Waals surface area contributed by atoms with Crippen LogP contribution in [0.4, 0.5) is 4.39 Å². The van der Waals surface area contributed by atoms with Crippen molar-refractivity contribution >= 4 is 17.7 Å². The molecule has 2 aliphatic carbocycles. The van der Waals surface area contributed by atoms with E-state index < -0.39 is 5.82 Å². The van der Waals surface area contributed by atoms with Gasteiger partial charge >= 0.3 is 0 Å². The van der Waals surface area contributed by atoms with Gasteiger partial charge in [-0.05, 0) is 86.8 Å². The molecule has 0 amide bonds. The SMILES string of the molecule is CCCC1CCC(C2CCC(C=Cc3ccc(OCC)c(F)c3Cl)CC2)CC1. The first-order valence-electron chi connectivity index (χ1n) is 11.4. The molecule has 156 valence electrons. The van der Waals surface area contributed by atoms with E-state index in [1.54, 1.807) is 6.07 Å². The third-order valence-electron chi connectivity index (χ3n) is 7.00. The van der Waals surface area contributed by atoms with E-state index in [9.17, 15) is 4.39 Å². The molecule has 3 heteroatoms. The minimum absolute atomic E-state index is 0.166. The minimum atomic E-state index is -0.451. The van der Waals surface area contributed by atoms with Crippen molar-refractivity contribution in [3.8, 4) is 5.75 Å². The summed E-state index contributed by atoms with van der Waals surface area (Å²) in [7, 11) is 0. The molecule has 2 aliphatic rings. The number of halogens is 2. The van der Waals surface area contributed by atoms with Crippen molar-refractivity contribution in [3.05, 3.63) is 34.6 Å². The van der Waals surface area contributed by atoms with E-state index in [0.29, 0.717) is 12.5 Å². The summed E-state index contributed by atoms with van der Waals surface area (Å²) in [5, 5.41) is 0.166. The van der Waals surface area contributed by atoms with Gasteiger partial charge in [0.1, 0.15) is 0 Å². The van der Waals surface area contributed by atoms with Crippen molar-refractivity contribution in [2.24, 2.45) is 23.7 Å². The topological polar surface area (TPSA) is 9.23 Å². The van der Waals surface area contributed by atoms with Crippen molar-refractivity contribution in [2.45, 2.75) is 78.1 Å². The van der Waals surface area contributed by atoms with Crippen LogP contribution in [0.3, 0.4) is 0 Å². The van der Waals surface area contributed by atoms with Gasteiger partial charge in [-0.1, -0.05) is 56.4 Å². The fourth-order valence-corrected chi connectivity index (χ4v) is 5.57. The largest absolute Gasteiger partial charge is 0.491 e. The summed E-state index contributed by atoms with van der Waals surface area (Å²) in [4.78, 5) is 0. The highest BCUT2D eigenvalue weighted by Gasteiger charge is 2.30. The maximum absolute atomic E-state index is 14.3. The number of allylic oxidation sites excluding steroid dienone is 1. The highest BCUT2D eigenvalue weighted by molar-refractivity contribution is 6.32. The van der Waals surface area contributed by atoms with Crippen LogP contribution >= 0.6 is 11.6 Å². The van der Waals surface area contributed by atoms with Crippen LogP contribution in [-0.2, 0) is 0 Å². The molecule has 1 nitrogen and oxygen atoms in total. The third-order valence-corrected chi connectivity index (χ3v) is 7.38. The van der Waals surface area contributed by atoms with Crippen LogP contribution in [0.2, 0.25) is 5.02 Å². The molecule has 3 rings (SSSR count). The molecule has 0 spiro atoms. The fraction of sp³-hybridized carbons (Fsp3) is 0.680. The highest BCUT2D eigenvalue weighted by atomic mass is 35.5. The Morgan fingerprint density at radius 2 is 1.64 bits per heavy atom. The van der Waals surface area contributed by atoms with Gasteiger partial charge in [0.2, 0.25) is 0 Å². The molecule has 0 bridgehead atoms. The van der Waals surface area contributed by atoms with E-state index >= 15 is 0 Å². The fourth-order valence-electron chi connectivity index (χ4n) is 5.35. The normalized spacial score (nSPS) is 28.6. The Hall–Kier alpha value is -1.02. The van der Waals surface area contributed by atoms with E-state index in [4.69, 9.17) is 16.3 Å². The second-order valence-electron chi connectivity index (χ2n) is 8.82. The first-order chi connectivity index (χ1) is 13.6. The van der Waals surface area contributed by atoms with Crippen molar-refractivity contribution in [3.63, 3.8) is 0 Å². The van der Waals surface area contributed by atoms with E-state index in [0.717, 1.165) is 23.3 Å².